The molecule has 1 aliphatic rings. The molecule has 0 radical (unpaired) electrons. The maximum atomic E-state index is 2.44. The van der Waals surface area contributed by atoms with Crippen molar-refractivity contribution in [1.29, 1.82) is 0 Å². The Morgan fingerprint density at radius 3 is 1.34 bits per heavy atom. The lowest BCUT2D eigenvalue weighted by Gasteiger charge is -2.23. The topological polar surface area (TPSA) is 9.72 Å². The summed E-state index contributed by atoms with van der Waals surface area (Å²) in [7, 11) is 4.19. The third-order valence-corrected chi connectivity index (χ3v) is 6.99. The summed E-state index contributed by atoms with van der Waals surface area (Å²) < 4.78 is 0. The van der Waals surface area contributed by atoms with Gasteiger partial charge in [-0.05, 0) is 91.9 Å². The molecule has 0 saturated carbocycles. The largest absolute Gasteiger partial charge is 0.378 e. The molecule has 0 aromatic heterocycles. The van der Waals surface area contributed by atoms with E-state index in [1.54, 1.807) is 0 Å². The molecule has 0 atom stereocenters. The molecule has 3 aromatic rings. The third kappa shape index (κ3) is 3.85. The van der Waals surface area contributed by atoms with Crippen LogP contribution in [0.4, 0.5) is 17.1 Å². The minimum absolute atomic E-state index is 0.285. The molecule has 0 aliphatic heterocycles. The molecule has 0 heterocycles. The predicted molar refractivity (Wildman–Crippen MR) is 141 cm³/mol. The second-order valence-corrected chi connectivity index (χ2v) is 8.81. The molecule has 32 heavy (non-hydrogen) atoms. The average molecular weight is 428 g/mol. The summed E-state index contributed by atoms with van der Waals surface area (Å²) in [6.07, 6.45) is 0. The van der Waals surface area contributed by atoms with Crippen LogP contribution < -0.4 is 14.7 Å². The Morgan fingerprint density at radius 1 is 0.562 bits per heavy atom. The van der Waals surface area contributed by atoms with Gasteiger partial charge in [0.1, 0.15) is 0 Å². The summed E-state index contributed by atoms with van der Waals surface area (Å²) in [5, 5.41) is 0. The molecule has 0 spiro atoms. The third-order valence-electron chi connectivity index (χ3n) is 6.99. The first kappa shape index (κ1) is 22.3. The molecule has 0 N–H and O–H groups in total. The van der Waals surface area contributed by atoms with Gasteiger partial charge in [-0.25, -0.2) is 0 Å². The zero-order chi connectivity index (χ0) is 22.8. The Bertz CT molecular complexity index is 999. The van der Waals surface area contributed by atoms with E-state index in [9.17, 15) is 0 Å². The van der Waals surface area contributed by atoms with Crippen LogP contribution in [0, 0.1) is 0 Å². The highest BCUT2D eigenvalue weighted by atomic mass is 15.1. The van der Waals surface area contributed by atoms with Crippen molar-refractivity contribution in [2.24, 2.45) is 0 Å². The maximum absolute atomic E-state index is 2.44. The van der Waals surface area contributed by atoms with Crippen LogP contribution in [-0.4, -0.2) is 40.3 Å². The van der Waals surface area contributed by atoms with Gasteiger partial charge in [0.2, 0.25) is 0 Å². The van der Waals surface area contributed by atoms with Crippen molar-refractivity contribution in [3.63, 3.8) is 0 Å². The van der Waals surface area contributed by atoms with Gasteiger partial charge in [0, 0.05) is 63.3 Å². The number of hydrogen-bond acceptors (Lipinski definition) is 3. The van der Waals surface area contributed by atoms with E-state index in [1.807, 2.05) is 0 Å². The molecular weight excluding hydrogens is 390 g/mol. The van der Waals surface area contributed by atoms with E-state index in [2.05, 4.69) is 117 Å². The van der Waals surface area contributed by atoms with E-state index < -0.39 is 0 Å². The summed E-state index contributed by atoms with van der Waals surface area (Å²) in [6.45, 7) is 13.0. The zero-order valence-corrected chi connectivity index (χ0v) is 20.5. The van der Waals surface area contributed by atoms with E-state index >= 15 is 0 Å². The Balaban J connectivity index is 1.87. The fourth-order valence-electron chi connectivity index (χ4n) is 5.12. The summed E-state index contributed by atoms with van der Waals surface area (Å²) in [4.78, 5) is 7.04. The number of hydrogen-bond donors (Lipinski definition) is 0. The quantitative estimate of drug-likeness (QED) is 0.313. The van der Waals surface area contributed by atoms with E-state index in [4.69, 9.17) is 0 Å². The first-order valence-electron chi connectivity index (χ1n) is 12.1. The lowest BCUT2D eigenvalue weighted by Crippen LogP contribution is -2.22. The lowest BCUT2D eigenvalue weighted by molar-refractivity contribution is 0.866. The normalized spacial score (nSPS) is 12.4. The summed E-state index contributed by atoms with van der Waals surface area (Å²) in [5.74, 6) is 0.285. The smallest absolute Gasteiger partial charge is 0.0372 e. The summed E-state index contributed by atoms with van der Waals surface area (Å²) in [5.41, 5.74) is 10.9. The second-order valence-electron chi connectivity index (χ2n) is 8.81. The molecule has 0 amide bonds. The van der Waals surface area contributed by atoms with E-state index in [1.165, 1.54) is 44.9 Å². The monoisotopic (exact) mass is 427 g/mol. The van der Waals surface area contributed by atoms with Crippen LogP contribution in [0.5, 0.6) is 0 Å². The van der Waals surface area contributed by atoms with Crippen molar-refractivity contribution in [3.05, 3.63) is 77.4 Å². The molecule has 0 unspecified atom stereocenters. The van der Waals surface area contributed by atoms with Crippen LogP contribution in [0.2, 0.25) is 0 Å². The van der Waals surface area contributed by atoms with Gasteiger partial charge in [0.15, 0.2) is 0 Å². The SMILES string of the molecule is CCN(CC)c1ccc2c(c1)-c1cc(N(CC)CC)ccc1C2c1ccc(N(C)C)cc1. The van der Waals surface area contributed by atoms with E-state index in [0.29, 0.717) is 0 Å². The van der Waals surface area contributed by atoms with Gasteiger partial charge >= 0.3 is 0 Å². The summed E-state index contributed by atoms with van der Waals surface area (Å²) in [6, 6.07) is 23.3. The molecule has 0 saturated heterocycles. The molecule has 0 fully saturated rings. The van der Waals surface area contributed by atoms with Gasteiger partial charge in [-0.15, -0.1) is 0 Å². The molecule has 168 valence electrons. The molecule has 0 bridgehead atoms. The highest BCUT2D eigenvalue weighted by Gasteiger charge is 2.31. The number of anilines is 3. The van der Waals surface area contributed by atoms with Gasteiger partial charge in [-0.1, -0.05) is 24.3 Å². The first-order chi connectivity index (χ1) is 15.5. The molecule has 3 nitrogen and oxygen atoms in total. The lowest BCUT2D eigenvalue weighted by atomic mass is 9.89. The van der Waals surface area contributed by atoms with Crippen molar-refractivity contribution in [1.82, 2.24) is 0 Å². The first-order valence-corrected chi connectivity index (χ1v) is 12.1. The maximum Gasteiger partial charge on any atom is 0.0372 e. The Hall–Kier alpha value is -2.94. The Morgan fingerprint density at radius 2 is 0.969 bits per heavy atom. The van der Waals surface area contributed by atoms with Gasteiger partial charge in [-0.2, -0.15) is 0 Å². The standard InChI is InChI=1S/C29H37N3/c1-7-31(8-2)23-15-17-25-27(19-23)28-20-24(32(9-3)10-4)16-18-26(28)29(25)21-11-13-22(14-12-21)30(5)6/h11-20,29H,7-10H2,1-6H3. The van der Waals surface area contributed by atoms with Crippen molar-refractivity contribution in [3.8, 4) is 11.1 Å². The van der Waals surface area contributed by atoms with Crippen molar-refractivity contribution >= 4 is 17.1 Å². The van der Waals surface area contributed by atoms with Crippen molar-refractivity contribution in [2.45, 2.75) is 33.6 Å². The Kier molecular flexibility index (Phi) is 6.45. The highest BCUT2D eigenvalue weighted by molar-refractivity contribution is 5.85. The zero-order valence-electron chi connectivity index (χ0n) is 20.5. The minimum atomic E-state index is 0.285. The van der Waals surface area contributed by atoms with Gasteiger partial charge < -0.3 is 14.7 Å². The second kappa shape index (κ2) is 9.28. The van der Waals surface area contributed by atoms with Crippen LogP contribution >= 0.6 is 0 Å². The molecule has 4 rings (SSSR count). The highest BCUT2D eigenvalue weighted by Crippen LogP contribution is 2.50. The van der Waals surface area contributed by atoms with Crippen LogP contribution in [0.15, 0.2) is 60.7 Å². The molecule has 3 heteroatoms. The molecule has 1 aliphatic carbocycles. The fourth-order valence-corrected chi connectivity index (χ4v) is 5.12. The van der Waals surface area contributed by atoms with Crippen LogP contribution in [0.1, 0.15) is 50.3 Å². The van der Waals surface area contributed by atoms with Gasteiger partial charge in [-0.3, -0.25) is 0 Å². The number of fused-ring (bicyclic) bond motifs is 3. The van der Waals surface area contributed by atoms with Crippen molar-refractivity contribution in [2.75, 3.05) is 55.0 Å². The summed E-state index contributed by atoms with van der Waals surface area (Å²) >= 11 is 0. The fraction of sp³-hybridized carbons (Fsp3) is 0.379. The van der Waals surface area contributed by atoms with Crippen LogP contribution in [0.25, 0.3) is 11.1 Å². The molecule has 3 aromatic carbocycles. The molecular formula is C29H37N3. The van der Waals surface area contributed by atoms with E-state index in [-0.39, 0.29) is 5.92 Å². The number of nitrogens with zero attached hydrogens (tertiary/aromatic N) is 3. The van der Waals surface area contributed by atoms with Crippen LogP contribution in [0.3, 0.4) is 0 Å². The number of rotatable bonds is 8. The Labute approximate surface area is 194 Å². The average Bonchev–Trinajstić information content (AvgIpc) is 3.14. The van der Waals surface area contributed by atoms with Gasteiger partial charge in [0.25, 0.3) is 0 Å². The number of benzene rings is 3. The predicted octanol–water partition coefficient (Wildman–Crippen LogP) is 6.61. The van der Waals surface area contributed by atoms with Crippen LogP contribution in [-0.2, 0) is 0 Å². The van der Waals surface area contributed by atoms with Crippen molar-refractivity contribution < 1.29 is 0 Å². The van der Waals surface area contributed by atoms with Gasteiger partial charge in [0.05, 0.1) is 0 Å². The van der Waals surface area contributed by atoms with E-state index in [0.717, 1.165) is 26.2 Å². The minimum Gasteiger partial charge on any atom is -0.378 e.